The van der Waals surface area contributed by atoms with E-state index in [0.717, 1.165) is 0 Å². The van der Waals surface area contributed by atoms with Crippen molar-refractivity contribution in [2.45, 2.75) is 65.2 Å². The SMILES string of the molecule is CCCCCCCCCC.[GeH4]. The van der Waals surface area contributed by atoms with E-state index < -0.39 is 0 Å². The van der Waals surface area contributed by atoms with E-state index in [9.17, 15) is 0 Å². The molecule has 0 N–H and O–H groups in total. The maximum absolute atomic E-state index is 2.27. The van der Waals surface area contributed by atoms with Gasteiger partial charge in [-0.2, -0.15) is 0 Å². The molecule has 0 aliphatic carbocycles. The van der Waals surface area contributed by atoms with Crippen molar-refractivity contribution in [2.75, 3.05) is 0 Å². The van der Waals surface area contributed by atoms with Crippen molar-refractivity contribution in [1.82, 2.24) is 0 Å². The summed E-state index contributed by atoms with van der Waals surface area (Å²) in [6.45, 7) is 4.54. The first-order valence-corrected chi connectivity index (χ1v) is 4.91. The van der Waals surface area contributed by atoms with Crippen LogP contribution in [0.1, 0.15) is 65.2 Å². The summed E-state index contributed by atoms with van der Waals surface area (Å²) in [5.41, 5.74) is 0. The van der Waals surface area contributed by atoms with Crippen molar-refractivity contribution in [3.63, 3.8) is 0 Å². The Morgan fingerprint density at radius 3 is 1.09 bits per heavy atom. The second-order valence-electron chi connectivity index (χ2n) is 3.12. The molecule has 0 aromatic rings. The van der Waals surface area contributed by atoms with Gasteiger partial charge in [-0.05, 0) is 0 Å². The minimum absolute atomic E-state index is 0. The van der Waals surface area contributed by atoms with Crippen LogP contribution in [0, 0.1) is 0 Å². The van der Waals surface area contributed by atoms with E-state index in [-0.39, 0.29) is 17.6 Å². The van der Waals surface area contributed by atoms with Crippen molar-refractivity contribution in [1.29, 1.82) is 0 Å². The Morgan fingerprint density at radius 1 is 0.545 bits per heavy atom. The number of hydrogen-bond acceptors (Lipinski definition) is 0. The molecule has 0 fully saturated rings. The monoisotopic (exact) mass is 220 g/mol. The fourth-order valence-corrected chi connectivity index (χ4v) is 1.21. The molecule has 0 aromatic carbocycles. The molecule has 0 radical (unpaired) electrons. The minimum atomic E-state index is 0. The van der Waals surface area contributed by atoms with Gasteiger partial charge in [-0.15, -0.1) is 0 Å². The molecular formula is C10H26Ge. The molecule has 0 aromatic heterocycles. The molecule has 0 bridgehead atoms. The maximum atomic E-state index is 2.27. The van der Waals surface area contributed by atoms with E-state index in [2.05, 4.69) is 13.8 Å². The third kappa shape index (κ3) is 13.5. The van der Waals surface area contributed by atoms with Crippen molar-refractivity contribution < 1.29 is 0 Å². The van der Waals surface area contributed by atoms with E-state index >= 15 is 0 Å². The predicted octanol–water partition coefficient (Wildman–Crippen LogP) is 2.70. The van der Waals surface area contributed by atoms with E-state index in [1.54, 1.807) is 0 Å². The Hall–Kier alpha value is 0.543. The molecule has 0 aliphatic rings. The number of hydrogen-bond donors (Lipinski definition) is 0. The standard InChI is InChI=1S/C10H22.GeH4/c1-3-5-7-9-10-8-6-4-2;/h3-10H2,1-2H3;1H4. The van der Waals surface area contributed by atoms with Gasteiger partial charge in [-0.3, -0.25) is 0 Å². The molecule has 0 nitrogen and oxygen atoms in total. The van der Waals surface area contributed by atoms with Crippen LogP contribution in [0.2, 0.25) is 0 Å². The van der Waals surface area contributed by atoms with Crippen LogP contribution in [0.25, 0.3) is 0 Å². The van der Waals surface area contributed by atoms with Crippen LogP contribution >= 0.6 is 0 Å². The zero-order valence-corrected chi connectivity index (χ0v) is 7.66. The molecule has 0 heterocycles. The summed E-state index contributed by atoms with van der Waals surface area (Å²) < 4.78 is 0. The van der Waals surface area contributed by atoms with Crippen molar-refractivity contribution in [3.05, 3.63) is 0 Å². The molecule has 0 saturated carbocycles. The van der Waals surface area contributed by atoms with Gasteiger partial charge < -0.3 is 0 Å². The third-order valence-electron chi connectivity index (χ3n) is 1.96. The topological polar surface area (TPSA) is 0 Å². The van der Waals surface area contributed by atoms with Crippen LogP contribution in [-0.4, -0.2) is 17.6 Å². The second kappa shape index (κ2) is 13.2. The fraction of sp³-hybridized carbons (Fsp3) is 1.00. The van der Waals surface area contributed by atoms with Crippen LogP contribution in [0.5, 0.6) is 0 Å². The molecule has 0 unspecified atom stereocenters. The number of unbranched alkanes of at least 4 members (excludes halogenated alkanes) is 7. The molecule has 0 spiro atoms. The van der Waals surface area contributed by atoms with Gasteiger partial charge in [0.25, 0.3) is 0 Å². The summed E-state index contributed by atoms with van der Waals surface area (Å²) in [5.74, 6) is 0. The van der Waals surface area contributed by atoms with Crippen molar-refractivity contribution in [2.24, 2.45) is 0 Å². The molecule has 70 valence electrons. The van der Waals surface area contributed by atoms with Crippen LogP contribution in [0.4, 0.5) is 0 Å². The molecule has 0 saturated heterocycles. The van der Waals surface area contributed by atoms with Gasteiger partial charge in [-0.25, -0.2) is 0 Å². The molecule has 11 heavy (non-hydrogen) atoms. The Bertz CT molecular complexity index is 44.8. The Kier molecular flexibility index (Phi) is 16.8. The fourth-order valence-electron chi connectivity index (χ4n) is 1.21. The van der Waals surface area contributed by atoms with Crippen LogP contribution < -0.4 is 0 Å². The van der Waals surface area contributed by atoms with Crippen molar-refractivity contribution >= 4 is 17.6 Å². The summed E-state index contributed by atoms with van der Waals surface area (Å²) in [5, 5.41) is 0. The first-order chi connectivity index (χ1) is 4.91. The quantitative estimate of drug-likeness (QED) is 0.456. The third-order valence-corrected chi connectivity index (χ3v) is 1.96. The summed E-state index contributed by atoms with van der Waals surface area (Å²) >= 11 is 0. The molecular weight excluding hydrogens is 193 g/mol. The van der Waals surface area contributed by atoms with Gasteiger partial charge in [0.05, 0.1) is 0 Å². The van der Waals surface area contributed by atoms with Crippen molar-refractivity contribution in [3.8, 4) is 0 Å². The van der Waals surface area contributed by atoms with E-state index in [0.29, 0.717) is 0 Å². The summed E-state index contributed by atoms with van der Waals surface area (Å²) in [7, 11) is 0. The molecule has 0 rings (SSSR count). The normalized spacial score (nSPS) is 9.27. The van der Waals surface area contributed by atoms with E-state index in [4.69, 9.17) is 0 Å². The van der Waals surface area contributed by atoms with Crippen LogP contribution in [0.3, 0.4) is 0 Å². The van der Waals surface area contributed by atoms with Gasteiger partial charge in [-0.1, -0.05) is 65.2 Å². The molecule has 0 atom stereocenters. The van der Waals surface area contributed by atoms with E-state index in [1.807, 2.05) is 0 Å². The zero-order valence-electron chi connectivity index (χ0n) is 7.66. The first kappa shape index (κ1) is 14.1. The van der Waals surface area contributed by atoms with Gasteiger partial charge >= 0.3 is 17.6 Å². The molecule has 0 amide bonds. The van der Waals surface area contributed by atoms with Gasteiger partial charge in [0.1, 0.15) is 0 Å². The Labute approximate surface area is 83.1 Å². The average Bonchev–Trinajstić information content (AvgIpc) is 1.97. The summed E-state index contributed by atoms with van der Waals surface area (Å²) in [6.07, 6.45) is 11.5. The van der Waals surface area contributed by atoms with Crippen LogP contribution in [0.15, 0.2) is 0 Å². The first-order valence-electron chi connectivity index (χ1n) is 4.91. The van der Waals surface area contributed by atoms with Crippen LogP contribution in [-0.2, 0) is 0 Å². The number of rotatable bonds is 7. The van der Waals surface area contributed by atoms with Gasteiger partial charge in [0.2, 0.25) is 0 Å². The molecule has 1 heteroatoms. The zero-order chi connectivity index (χ0) is 7.66. The Balaban J connectivity index is 0. The summed E-state index contributed by atoms with van der Waals surface area (Å²) in [4.78, 5) is 0. The second-order valence-corrected chi connectivity index (χ2v) is 3.12. The average molecular weight is 219 g/mol. The summed E-state index contributed by atoms with van der Waals surface area (Å²) in [6, 6.07) is 0. The van der Waals surface area contributed by atoms with Gasteiger partial charge in [0, 0.05) is 0 Å². The molecule has 0 aliphatic heterocycles. The predicted molar refractivity (Wildman–Crippen MR) is 59.6 cm³/mol. The van der Waals surface area contributed by atoms with Gasteiger partial charge in [0.15, 0.2) is 0 Å². The van der Waals surface area contributed by atoms with E-state index in [1.165, 1.54) is 51.4 Å². The Morgan fingerprint density at radius 2 is 0.818 bits per heavy atom.